The van der Waals surface area contributed by atoms with Gasteiger partial charge in [-0.05, 0) is 64.0 Å². The summed E-state index contributed by atoms with van der Waals surface area (Å²) in [5.41, 5.74) is 4.22. The molecule has 0 fully saturated rings. The van der Waals surface area contributed by atoms with Gasteiger partial charge in [-0.25, -0.2) is 8.42 Å². The summed E-state index contributed by atoms with van der Waals surface area (Å²) in [5.74, 6) is -0.252. The first kappa shape index (κ1) is 24.6. The van der Waals surface area contributed by atoms with Crippen LogP contribution in [0.2, 0.25) is 0 Å². The summed E-state index contributed by atoms with van der Waals surface area (Å²) in [7, 11) is 0.204. The van der Waals surface area contributed by atoms with Gasteiger partial charge in [0.05, 0.1) is 37.3 Å². The van der Waals surface area contributed by atoms with Crippen molar-refractivity contribution in [1.82, 2.24) is 0 Å². The van der Waals surface area contributed by atoms with E-state index in [0.29, 0.717) is 6.42 Å². The van der Waals surface area contributed by atoms with Gasteiger partial charge in [0.25, 0.3) is 0 Å². The number of hydrogen-bond acceptors (Lipinski definition) is 3. The zero-order valence-corrected chi connectivity index (χ0v) is 18.8. The number of likely N-dealkylation sites (N-methyl/N-ethyl adjacent to an activating group) is 1. The van der Waals surface area contributed by atoms with Gasteiger partial charge >= 0.3 is 0 Å². The number of quaternary nitrogens is 1. The molecule has 0 unspecified atom stereocenters. The van der Waals surface area contributed by atoms with Gasteiger partial charge in [0.15, 0.2) is 0 Å². The number of unbranched alkanes of at least 4 members (excludes halogenated alkanes) is 1. The number of rotatable bonds is 13. The first-order valence-electron chi connectivity index (χ1n) is 10.2. The second-order valence-electron chi connectivity index (χ2n) is 8.44. The van der Waals surface area contributed by atoms with Crippen LogP contribution >= 0.6 is 0 Å². The maximum atomic E-state index is 10.7. The minimum absolute atomic E-state index is 0.252. The fourth-order valence-electron chi connectivity index (χ4n) is 3.05. The van der Waals surface area contributed by atoms with Crippen LogP contribution < -0.4 is 0 Å². The third-order valence-electron chi connectivity index (χ3n) is 5.02. The van der Waals surface area contributed by atoms with Crippen LogP contribution in [-0.4, -0.2) is 50.4 Å². The van der Waals surface area contributed by atoms with Crippen LogP contribution in [0.25, 0.3) is 0 Å². The molecule has 0 aliphatic carbocycles. The summed E-state index contributed by atoms with van der Waals surface area (Å²) in [6.07, 6.45) is 10.2. The van der Waals surface area contributed by atoms with E-state index in [1.165, 1.54) is 16.7 Å². The van der Waals surface area contributed by atoms with Crippen molar-refractivity contribution < 1.29 is 17.5 Å². The first-order valence-corrected chi connectivity index (χ1v) is 11.8. The topological polar surface area (TPSA) is 57.2 Å². The van der Waals surface area contributed by atoms with Crippen molar-refractivity contribution in [2.24, 2.45) is 0 Å². The van der Waals surface area contributed by atoms with Gasteiger partial charge < -0.3 is 9.04 Å². The van der Waals surface area contributed by atoms with Crippen molar-refractivity contribution in [3.05, 3.63) is 59.2 Å². The molecule has 1 aromatic rings. The van der Waals surface area contributed by atoms with Crippen LogP contribution in [0, 0.1) is 0 Å². The van der Waals surface area contributed by atoms with Crippen LogP contribution in [0.15, 0.2) is 53.6 Å². The van der Waals surface area contributed by atoms with Crippen molar-refractivity contribution in [2.75, 3.05) is 32.9 Å². The highest BCUT2D eigenvalue weighted by Crippen LogP contribution is 2.13. The lowest BCUT2D eigenvalue weighted by Crippen LogP contribution is -2.40. The van der Waals surface area contributed by atoms with Crippen LogP contribution in [0.3, 0.4) is 0 Å². The van der Waals surface area contributed by atoms with Crippen molar-refractivity contribution in [3.63, 3.8) is 0 Å². The maximum absolute atomic E-state index is 10.7. The highest BCUT2D eigenvalue weighted by Gasteiger charge is 2.13. The lowest BCUT2D eigenvalue weighted by Gasteiger charge is -2.29. The van der Waals surface area contributed by atoms with Crippen molar-refractivity contribution in [3.8, 4) is 0 Å². The van der Waals surface area contributed by atoms with Gasteiger partial charge in [-0.15, -0.1) is 0 Å². The Kier molecular flexibility index (Phi) is 10.7. The zero-order valence-electron chi connectivity index (χ0n) is 18.0. The van der Waals surface area contributed by atoms with Gasteiger partial charge in [-0.3, -0.25) is 0 Å². The predicted molar refractivity (Wildman–Crippen MR) is 117 cm³/mol. The summed E-state index contributed by atoms with van der Waals surface area (Å²) in [6.45, 7) is 6.19. The van der Waals surface area contributed by atoms with E-state index in [4.69, 9.17) is 0 Å². The minimum Gasteiger partial charge on any atom is -0.748 e. The molecule has 0 amide bonds. The maximum Gasteiger partial charge on any atom is 0.0972 e. The lowest BCUT2D eigenvalue weighted by atomic mass is 10.0. The standard InChI is InChI=1S/C23H37NO3S/c1-21(15-16-23-13-6-5-7-14-23)11-10-12-22(2)17-19-24(3,4)18-8-9-20-28(25,26)27/h5-7,11,13-14,17H,8-10,12,15-16,18-20H2,1-4H3/b21-11+,22-17+. The quantitative estimate of drug-likeness (QED) is 0.206. The summed E-state index contributed by atoms with van der Waals surface area (Å²) in [6, 6.07) is 10.6. The average molecular weight is 408 g/mol. The molecule has 28 heavy (non-hydrogen) atoms. The Hall–Kier alpha value is -1.43. The predicted octanol–water partition coefficient (Wildman–Crippen LogP) is 4.69. The Bertz CT molecular complexity index is 734. The third-order valence-corrected chi connectivity index (χ3v) is 5.81. The second-order valence-corrected chi connectivity index (χ2v) is 9.96. The van der Waals surface area contributed by atoms with Crippen molar-refractivity contribution in [2.45, 2.75) is 52.4 Å². The van der Waals surface area contributed by atoms with E-state index in [-0.39, 0.29) is 5.75 Å². The Morgan fingerprint density at radius 2 is 1.64 bits per heavy atom. The fraction of sp³-hybridized carbons (Fsp3) is 0.565. The molecule has 0 saturated carbocycles. The first-order chi connectivity index (χ1) is 13.1. The zero-order chi connectivity index (χ0) is 21.0. The molecule has 0 spiro atoms. The monoisotopic (exact) mass is 407 g/mol. The highest BCUT2D eigenvalue weighted by molar-refractivity contribution is 7.85. The van der Waals surface area contributed by atoms with Gasteiger partial charge in [-0.2, -0.15) is 0 Å². The van der Waals surface area contributed by atoms with E-state index in [0.717, 1.165) is 49.7 Å². The molecule has 0 saturated heterocycles. The van der Waals surface area contributed by atoms with Gasteiger partial charge in [0.2, 0.25) is 0 Å². The molecular weight excluding hydrogens is 370 g/mol. The molecule has 0 aliphatic rings. The average Bonchev–Trinajstić information content (AvgIpc) is 2.62. The molecule has 5 heteroatoms. The molecule has 0 N–H and O–H groups in total. The van der Waals surface area contributed by atoms with Gasteiger partial charge in [0, 0.05) is 5.75 Å². The normalized spacial score (nSPS) is 13.8. The van der Waals surface area contributed by atoms with E-state index < -0.39 is 10.1 Å². The molecule has 0 bridgehead atoms. The Morgan fingerprint density at radius 1 is 1.00 bits per heavy atom. The van der Waals surface area contributed by atoms with Crippen molar-refractivity contribution in [1.29, 1.82) is 0 Å². The van der Waals surface area contributed by atoms with Crippen LogP contribution in [0.4, 0.5) is 0 Å². The van der Waals surface area contributed by atoms with E-state index in [1.54, 1.807) is 0 Å². The molecule has 4 nitrogen and oxygen atoms in total. The smallest absolute Gasteiger partial charge is 0.0972 e. The number of allylic oxidation sites excluding steroid dienone is 3. The number of benzene rings is 1. The van der Waals surface area contributed by atoms with Crippen molar-refractivity contribution >= 4 is 10.1 Å². The largest absolute Gasteiger partial charge is 0.748 e. The minimum atomic E-state index is -4.08. The lowest BCUT2D eigenvalue weighted by molar-refractivity contribution is -0.884. The molecule has 0 atom stereocenters. The Morgan fingerprint density at radius 3 is 2.29 bits per heavy atom. The van der Waals surface area contributed by atoms with Crippen LogP contribution in [0.1, 0.15) is 51.5 Å². The molecule has 158 valence electrons. The molecule has 1 aromatic carbocycles. The molecule has 0 heterocycles. The highest BCUT2D eigenvalue weighted by atomic mass is 32.2. The molecule has 0 aliphatic heterocycles. The summed E-state index contributed by atoms with van der Waals surface area (Å²) in [5, 5.41) is 0. The van der Waals surface area contributed by atoms with E-state index in [1.807, 2.05) is 0 Å². The SMILES string of the molecule is C/C(=C\C[N+](C)(C)CCCCS(=O)(=O)[O-])CC/C=C(\C)CCc1ccccc1. The van der Waals surface area contributed by atoms with E-state index >= 15 is 0 Å². The Balaban J connectivity index is 2.29. The fourth-order valence-corrected chi connectivity index (χ4v) is 3.61. The molecular formula is C23H37NO3S. The summed E-state index contributed by atoms with van der Waals surface area (Å²) < 4.78 is 32.8. The van der Waals surface area contributed by atoms with E-state index in [2.05, 4.69) is 70.4 Å². The van der Waals surface area contributed by atoms with Crippen LogP contribution in [-0.2, 0) is 16.5 Å². The number of nitrogens with zero attached hydrogens (tertiary/aromatic N) is 1. The second kappa shape index (κ2) is 12.2. The summed E-state index contributed by atoms with van der Waals surface area (Å²) >= 11 is 0. The van der Waals surface area contributed by atoms with Crippen LogP contribution in [0.5, 0.6) is 0 Å². The molecule has 1 rings (SSSR count). The molecule has 0 aromatic heterocycles. The van der Waals surface area contributed by atoms with E-state index in [9.17, 15) is 13.0 Å². The van der Waals surface area contributed by atoms with Gasteiger partial charge in [0.1, 0.15) is 0 Å². The third kappa shape index (κ3) is 12.9. The Labute approximate surface area is 172 Å². The summed E-state index contributed by atoms with van der Waals surface area (Å²) in [4.78, 5) is 0. The number of aryl methyl sites for hydroxylation is 1. The molecule has 0 radical (unpaired) electrons. The van der Waals surface area contributed by atoms with Gasteiger partial charge in [-0.1, -0.05) is 47.6 Å². The number of hydrogen-bond donors (Lipinski definition) is 0.